The smallest absolute Gasteiger partial charge is 0.0454 e. The van der Waals surface area contributed by atoms with Crippen LogP contribution in [0.5, 0.6) is 0 Å². The lowest BCUT2D eigenvalue weighted by atomic mass is 9.96. The minimum absolute atomic E-state index is 0.221. The van der Waals surface area contributed by atoms with Crippen LogP contribution in [0.2, 0.25) is 0 Å². The van der Waals surface area contributed by atoms with Crippen LogP contribution in [0.15, 0.2) is 11.6 Å². The molecule has 2 nitrogen and oxygen atoms in total. The van der Waals surface area contributed by atoms with Gasteiger partial charge in [-0.1, -0.05) is 0 Å². The van der Waals surface area contributed by atoms with Crippen LogP contribution in [-0.2, 0) is 0 Å². The molecule has 0 bridgehead atoms. The van der Waals surface area contributed by atoms with E-state index >= 15 is 0 Å². The average Bonchev–Trinajstić information content (AvgIpc) is 2.77. The van der Waals surface area contributed by atoms with E-state index in [0.717, 1.165) is 0 Å². The molecule has 2 heterocycles. The number of rotatable bonds is 2. The van der Waals surface area contributed by atoms with E-state index in [9.17, 15) is 0 Å². The number of nitrogens with zero attached hydrogens (tertiary/aromatic N) is 1. The zero-order chi connectivity index (χ0) is 8.39. The predicted molar refractivity (Wildman–Crippen MR) is 54.5 cm³/mol. The van der Waals surface area contributed by atoms with E-state index in [1.54, 1.807) is 0 Å². The third-order valence-corrected chi connectivity index (χ3v) is 4.10. The van der Waals surface area contributed by atoms with E-state index in [1.165, 1.54) is 35.0 Å². The van der Waals surface area contributed by atoms with Gasteiger partial charge in [0.15, 0.2) is 0 Å². The molecular weight excluding hydrogens is 188 g/mol. The Bertz CT molecular complexity index is 229. The highest BCUT2D eigenvalue weighted by Crippen LogP contribution is 2.32. The Morgan fingerprint density at radius 1 is 1.67 bits per heavy atom. The molecule has 1 aromatic heterocycles. The molecule has 4 heteroatoms. The van der Waals surface area contributed by atoms with Gasteiger partial charge in [-0.15, -0.1) is 0 Å². The third-order valence-electron chi connectivity index (χ3n) is 2.31. The molecule has 1 fully saturated rings. The summed E-state index contributed by atoms with van der Waals surface area (Å²) in [6, 6.07) is 0.221. The minimum atomic E-state index is 0.221. The van der Waals surface area contributed by atoms with Crippen LogP contribution in [0.25, 0.3) is 0 Å². The summed E-state index contributed by atoms with van der Waals surface area (Å²) in [4.78, 5) is 0. The highest BCUT2D eigenvalue weighted by atomic mass is 32.2. The van der Waals surface area contributed by atoms with Crippen molar-refractivity contribution < 1.29 is 0 Å². The molecule has 1 aliphatic heterocycles. The summed E-state index contributed by atoms with van der Waals surface area (Å²) < 4.78 is 4.07. The van der Waals surface area contributed by atoms with Crippen molar-refractivity contribution in [1.82, 2.24) is 4.37 Å². The molecule has 1 aromatic rings. The van der Waals surface area contributed by atoms with E-state index in [-0.39, 0.29) is 6.04 Å². The van der Waals surface area contributed by atoms with Gasteiger partial charge in [-0.2, -0.15) is 11.8 Å². The van der Waals surface area contributed by atoms with Crippen LogP contribution >= 0.6 is 23.3 Å². The van der Waals surface area contributed by atoms with Gasteiger partial charge in [0.1, 0.15) is 0 Å². The predicted octanol–water partition coefficient (Wildman–Crippen LogP) is 1.90. The average molecular weight is 200 g/mol. The molecular formula is C8H12N2S2. The zero-order valence-corrected chi connectivity index (χ0v) is 8.40. The first-order valence-electron chi connectivity index (χ1n) is 4.10. The van der Waals surface area contributed by atoms with Crippen LogP contribution < -0.4 is 5.73 Å². The van der Waals surface area contributed by atoms with Gasteiger partial charge < -0.3 is 5.73 Å². The van der Waals surface area contributed by atoms with Gasteiger partial charge in [-0.3, -0.25) is 0 Å². The summed E-state index contributed by atoms with van der Waals surface area (Å²) in [5, 5.41) is 2.06. The van der Waals surface area contributed by atoms with Gasteiger partial charge >= 0.3 is 0 Å². The van der Waals surface area contributed by atoms with E-state index < -0.39 is 0 Å². The number of hydrogen-bond acceptors (Lipinski definition) is 4. The van der Waals surface area contributed by atoms with Gasteiger partial charge in [-0.05, 0) is 40.9 Å². The first-order chi connectivity index (χ1) is 5.88. The van der Waals surface area contributed by atoms with Crippen molar-refractivity contribution in [2.24, 2.45) is 11.7 Å². The summed E-state index contributed by atoms with van der Waals surface area (Å²) in [5.41, 5.74) is 7.31. The standard InChI is InChI=1S/C8H12N2S2/c9-8(6-1-2-11-4-6)7-3-10-12-5-7/h3,5-6,8H,1-2,4,9H2. The summed E-state index contributed by atoms with van der Waals surface area (Å²) in [6.07, 6.45) is 3.17. The van der Waals surface area contributed by atoms with Gasteiger partial charge in [0.25, 0.3) is 0 Å². The van der Waals surface area contributed by atoms with Crippen LogP contribution in [0.1, 0.15) is 18.0 Å². The SMILES string of the molecule is NC(c1cnsc1)C1CCSC1. The molecule has 2 N–H and O–H groups in total. The number of nitrogens with two attached hydrogens (primary N) is 1. The fourth-order valence-corrected chi connectivity index (χ4v) is 3.38. The Kier molecular flexibility index (Phi) is 2.68. The first-order valence-corrected chi connectivity index (χ1v) is 6.09. The van der Waals surface area contributed by atoms with E-state index in [4.69, 9.17) is 5.73 Å². The van der Waals surface area contributed by atoms with Crippen molar-refractivity contribution >= 4 is 23.3 Å². The van der Waals surface area contributed by atoms with Crippen LogP contribution in [0, 0.1) is 5.92 Å². The molecule has 0 aliphatic carbocycles. The van der Waals surface area contributed by atoms with Crippen LogP contribution in [0.4, 0.5) is 0 Å². The Hall–Kier alpha value is -0.0600. The quantitative estimate of drug-likeness (QED) is 0.792. The molecule has 0 saturated carbocycles. The lowest BCUT2D eigenvalue weighted by Gasteiger charge is -2.15. The van der Waals surface area contributed by atoms with Crippen molar-refractivity contribution in [2.45, 2.75) is 12.5 Å². The molecule has 0 aromatic carbocycles. The normalized spacial score (nSPS) is 25.9. The van der Waals surface area contributed by atoms with Crippen molar-refractivity contribution in [3.05, 3.63) is 17.1 Å². The Morgan fingerprint density at radius 3 is 3.17 bits per heavy atom. The zero-order valence-electron chi connectivity index (χ0n) is 6.77. The Balaban J connectivity index is 2.04. The van der Waals surface area contributed by atoms with E-state index in [1.807, 2.05) is 18.0 Å². The molecule has 12 heavy (non-hydrogen) atoms. The fraction of sp³-hybridized carbons (Fsp3) is 0.625. The fourth-order valence-electron chi connectivity index (χ4n) is 1.49. The second-order valence-corrected chi connectivity index (χ2v) is 4.91. The maximum atomic E-state index is 6.10. The second-order valence-electron chi connectivity index (χ2n) is 3.11. The molecule has 0 spiro atoms. The third kappa shape index (κ3) is 1.65. The molecule has 1 saturated heterocycles. The van der Waals surface area contributed by atoms with Crippen molar-refractivity contribution in [3.8, 4) is 0 Å². The van der Waals surface area contributed by atoms with Gasteiger partial charge in [-0.25, -0.2) is 4.37 Å². The minimum Gasteiger partial charge on any atom is -0.324 e. The van der Waals surface area contributed by atoms with E-state index in [0.29, 0.717) is 5.92 Å². The molecule has 1 aliphatic rings. The number of aromatic nitrogens is 1. The first kappa shape index (κ1) is 8.53. The monoisotopic (exact) mass is 200 g/mol. The lowest BCUT2D eigenvalue weighted by Crippen LogP contribution is -2.20. The van der Waals surface area contributed by atoms with Crippen molar-refractivity contribution in [1.29, 1.82) is 0 Å². The molecule has 2 unspecified atom stereocenters. The van der Waals surface area contributed by atoms with Gasteiger partial charge in [0.2, 0.25) is 0 Å². The largest absolute Gasteiger partial charge is 0.324 e. The Morgan fingerprint density at radius 2 is 2.58 bits per heavy atom. The van der Waals surface area contributed by atoms with E-state index in [2.05, 4.69) is 9.75 Å². The molecule has 0 amide bonds. The molecule has 0 radical (unpaired) electrons. The number of hydrogen-bond donors (Lipinski definition) is 1. The van der Waals surface area contributed by atoms with Crippen molar-refractivity contribution in [3.63, 3.8) is 0 Å². The van der Waals surface area contributed by atoms with Crippen molar-refractivity contribution in [2.75, 3.05) is 11.5 Å². The van der Waals surface area contributed by atoms with Gasteiger partial charge in [0, 0.05) is 17.6 Å². The lowest BCUT2D eigenvalue weighted by molar-refractivity contribution is 0.482. The summed E-state index contributed by atoms with van der Waals surface area (Å²) >= 11 is 3.50. The van der Waals surface area contributed by atoms with Crippen LogP contribution in [0.3, 0.4) is 0 Å². The topological polar surface area (TPSA) is 38.9 Å². The van der Waals surface area contributed by atoms with Crippen LogP contribution in [-0.4, -0.2) is 15.9 Å². The maximum absolute atomic E-state index is 6.10. The summed E-state index contributed by atoms with van der Waals surface area (Å²) in [5.74, 6) is 3.17. The second kappa shape index (κ2) is 3.77. The maximum Gasteiger partial charge on any atom is 0.0454 e. The number of thioether (sulfide) groups is 1. The molecule has 2 atom stereocenters. The summed E-state index contributed by atoms with van der Waals surface area (Å²) in [6.45, 7) is 0. The Labute approximate surface area is 80.7 Å². The molecule has 66 valence electrons. The molecule has 2 rings (SSSR count). The highest BCUT2D eigenvalue weighted by Gasteiger charge is 2.23. The van der Waals surface area contributed by atoms with Gasteiger partial charge in [0.05, 0.1) is 0 Å². The summed E-state index contributed by atoms with van der Waals surface area (Å²) in [7, 11) is 0. The highest BCUT2D eigenvalue weighted by molar-refractivity contribution is 7.99.